The molecule has 2 aromatic rings. The molecule has 0 spiro atoms. The van der Waals surface area contributed by atoms with Crippen molar-refractivity contribution in [1.29, 1.82) is 0 Å². The molecule has 5 heteroatoms. The van der Waals surface area contributed by atoms with Crippen molar-refractivity contribution in [2.45, 2.75) is 26.3 Å². The molecule has 1 atom stereocenters. The van der Waals surface area contributed by atoms with Gasteiger partial charge in [0.05, 0.1) is 11.7 Å². The minimum Gasteiger partial charge on any atom is -0.346 e. The average molecular weight is 308 g/mol. The SMILES string of the molecule is CC1=NN(c2ccc(C(=O)NC(C)c3ccncc3)cc2)CC1. The summed E-state index contributed by atoms with van der Waals surface area (Å²) in [5, 5.41) is 9.43. The van der Waals surface area contributed by atoms with Crippen molar-refractivity contribution in [2.24, 2.45) is 5.10 Å². The Kier molecular flexibility index (Phi) is 4.37. The number of carbonyl (C=O) groups is 1. The zero-order chi connectivity index (χ0) is 16.2. The van der Waals surface area contributed by atoms with Gasteiger partial charge in [-0.15, -0.1) is 0 Å². The lowest BCUT2D eigenvalue weighted by molar-refractivity contribution is 0.0940. The summed E-state index contributed by atoms with van der Waals surface area (Å²) in [6.07, 6.45) is 4.45. The zero-order valence-corrected chi connectivity index (χ0v) is 13.4. The van der Waals surface area contributed by atoms with E-state index < -0.39 is 0 Å². The zero-order valence-electron chi connectivity index (χ0n) is 13.4. The third-order valence-corrected chi connectivity index (χ3v) is 3.96. The smallest absolute Gasteiger partial charge is 0.251 e. The van der Waals surface area contributed by atoms with E-state index in [4.69, 9.17) is 0 Å². The molecule has 118 valence electrons. The van der Waals surface area contributed by atoms with Crippen LogP contribution in [0.4, 0.5) is 5.69 Å². The normalized spacial score (nSPS) is 15.2. The van der Waals surface area contributed by atoms with Crippen molar-refractivity contribution in [1.82, 2.24) is 10.3 Å². The number of anilines is 1. The Morgan fingerprint density at radius 3 is 2.48 bits per heavy atom. The Bertz CT molecular complexity index is 710. The summed E-state index contributed by atoms with van der Waals surface area (Å²) in [5.74, 6) is -0.0815. The Labute approximate surface area is 136 Å². The van der Waals surface area contributed by atoms with E-state index in [0.29, 0.717) is 5.56 Å². The first kappa shape index (κ1) is 15.2. The number of amides is 1. The average Bonchev–Trinajstić information content (AvgIpc) is 3.02. The first-order valence-electron chi connectivity index (χ1n) is 7.76. The number of hydrogen-bond acceptors (Lipinski definition) is 4. The van der Waals surface area contributed by atoms with Gasteiger partial charge in [0.2, 0.25) is 0 Å². The molecule has 3 rings (SSSR count). The van der Waals surface area contributed by atoms with Gasteiger partial charge in [0.15, 0.2) is 0 Å². The molecule has 1 N–H and O–H groups in total. The maximum atomic E-state index is 12.3. The van der Waals surface area contributed by atoms with Crippen LogP contribution >= 0.6 is 0 Å². The summed E-state index contributed by atoms with van der Waals surface area (Å²) in [6, 6.07) is 11.3. The lowest BCUT2D eigenvalue weighted by Crippen LogP contribution is -2.26. The van der Waals surface area contributed by atoms with Gasteiger partial charge >= 0.3 is 0 Å². The monoisotopic (exact) mass is 308 g/mol. The van der Waals surface area contributed by atoms with Gasteiger partial charge in [-0.25, -0.2) is 0 Å². The minimum absolute atomic E-state index is 0.0593. The molecular formula is C18H20N4O. The number of pyridine rings is 1. The molecule has 23 heavy (non-hydrogen) atoms. The predicted octanol–water partition coefficient (Wildman–Crippen LogP) is 3.16. The van der Waals surface area contributed by atoms with Crippen LogP contribution < -0.4 is 10.3 Å². The van der Waals surface area contributed by atoms with E-state index in [9.17, 15) is 4.79 Å². The summed E-state index contributed by atoms with van der Waals surface area (Å²) in [5.41, 5.74) is 3.83. The maximum absolute atomic E-state index is 12.3. The van der Waals surface area contributed by atoms with Crippen molar-refractivity contribution >= 4 is 17.3 Å². The van der Waals surface area contributed by atoms with Crippen LogP contribution in [0.25, 0.3) is 0 Å². The summed E-state index contributed by atoms with van der Waals surface area (Å²) in [7, 11) is 0. The molecule has 0 bridgehead atoms. The van der Waals surface area contributed by atoms with Crippen molar-refractivity contribution < 1.29 is 4.79 Å². The lowest BCUT2D eigenvalue weighted by atomic mass is 10.1. The fourth-order valence-corrected chi connectivity index (χ4v) is 2.56. The summed E-state index contributed by atoms with van der Waals surface area (Å²) < 4.78 is 0. The third kappa shape index (κ3) is 3.56. The van der Waals surface area contributed by atoms with Gasteiger partial charge in [0.1, 0.15) is 0 Å². The molecule has 0 aliphatic carbocycles. The van der Waals surface area contributed by atoms with Crippen LogP contribution in [0.3, 0.4) is 0 Å². The van der Waals surface area contributed by atoms with Gasteiger partial charge in [0, 0.05) is 36.6 Å². The van der Waals surface area contributed by atoms with E-state index in [-0.39, 0.29) is 11.9 Å². The number of nitrogens with zero attached hydrogens (tertiary/aromatic N) is 3. The van der Waals surface area contributed by atoms with Crippen LogP contribution in [-0.4, -0.2) is 23.1 Å². The van der Waals surface area contributed by atoms with E-state index in [1.807, 2.05) is 55.3 Å². The van der Waals surface area contributed by atoms with Gasteiger partial charge in [-0.05, 0) is 55.8 Å². The highest BCUT2D eigenvalue weighted by atomic mass is 16.1. The molecule has 0 saturated carbocycles. The maximum Gasteiger partial charge on any atom is 0.251 e. The quantitative estimate of drug-likeness (QED) is 0.944. The fourth-order valence-electron chi connectivity index (χ4n) is 2.56. The van der Waals surface area contributed by atoms with Crippen molar-refractivity contribution in [3.8, 4) is 0 Å². The lowest BCUT2D eigenvalue weighted by Gasteiger charge is -2.16. The molecule has 1 amide bonds. The highest BCUT2D eigenvalue weighted by Gasteiger charge is 2.14. The number of nitrogens with one attached hydrogen (secondary N) is 1. The number of hydrogen-bond donors (Lipinski definition) is 1. The summed E-state index contributed by atoms with van der Waals surface area (Å²) >= 11 is 0. The molecule has 1 aromatic carbocycles. The van der Waals surface area contributed by atoms with E-state index in [1.165, 1.54) is 0 Å². The second kappa shape index (κ2) is 6.60. The van der Waals surface area contributed by atoms with Gasteiger partial charge < -0.3 is 5.32 Å². The largest absolute Gasteiger partial charge is 0.346 e. The minimum atomic E-state index is -0.0815. The Morgan fingerprint density at radius 1 is 1.17 bits per heavy atom. The molecule has 1 unspecified atom stereocenters. The van der Waals surface area contributed by atoms with E-state index in [2.05, 4.69) is 15.4 Å². The van der Waals surface area contributed by atoms with Crippen LogP contribution in [-0.2, 0) is 0 Å². The summed E-state index contributed by atoms with van der Waals surface area (Å²) in [6.45, 7) is 4.89. The van der Waals surface area contributed by atoms with E-state index in [1.54, 1.807) is 12.4 Å². The van der Waals surface area contributed by atoms with Crippen molar-refractivity contribution in [2.75, 3.05) is 11.6 Å². The van der Waals surface area contributed by atoms with Crippen LogP contribution in [0, 0.1) is 0 Å². The van der Waals surface area contributed by atoms with Gasteiger partial charge in [0.25, 0.3) is 5.91 Å². The second-order valence-electron chi connectivity index (χ2n) is 5.73. The molecule has 2 heterocycles. The van der Waals surface area contributed by atoms with E-state index >= 15 is 0 Å². The predicted molar refractivity (Wildman–Crippen MR) is 91.6 cm³/mol. The molecule has 1 aliphatic heterocycles. The van der Waals surface area contributed by atoms with Gasteiger partial charge in [-0.3, -0.25) is 14.8 Å². The van der Waals surface area contributed by atoms with Crippen LogP contribution in [0.2, 0.25) is 0 Å². The standard InChI is InChI=1S/C18H20N4O/c1-13-9-12-22(21-13)17-5-3-16(4-6-17)18(23)20-14(2)15-7-10-19-11-8-15/h3-8,10-11,14H,9,12H2,1-2H3,(H,20,23). The van der Waals surface area contributed by atoms with Crippen molar-refractivity contribution in [3.05, 3.63) is 59.9 Å². The van der Waals surface area contributed by atoms with E-state index in [0.717, 1.165) is 29.9 Å². The number of aromatic nitrogens is 1. The summed E-state index contributed by atoms with van der Waals surface area (Å²) in [4.78, 5) is 16.3. The number of carbonyl (C=O) groups excluding carboxylic acids is 1. The topological polar surface area (TPSA) is 57.6 Å². The fraction of sp³-hybridized carbons (Fsp3) is 0.278. The first-order chi connectivity index (χ1) is 11.1. The Morgan fingerprint density at radius 2 is 1.87 bits per heavy atom. The van der Waals surface area contributed by atoms with Crippen LogP contribution in [0.15, 0.2) is 53.9 Å². The molecule has 0 radical (unpaired) electrons. The van der Waals surface area contributed by atoms with Gasteiger partial charge in [-0.2, -0.15) is 5.10 Å². The molecular weight excluding hydrogens is 288 g/mol. The third-order valence-electron chi connectivity index (χ3n) is 3.96. The van der Waals surface area contributed by atoms with Crippen molar-refractivity contribution in [3.63, 3.8) is 0 Å². The molecule has 5 nitrogen and oxygen atoms in total. The number of benzene rings is 1. The highest BCUT2D eigenvalue weighted by molar-refractivity contribution is 5.95. The second-order valence-corrected chi connectivity index (χ2v) is 5.73. The van der Waals surface area contributed by atoms with Crippen LogP contribution in [0.1, 0.15) is 42.2 Å². The van der Waals surface area contributed by atoms with Crippen LogP contribution in [0.5, 0.6) is 0 Å². The Balaban J connectivity index is 1.66. The molecule has 1 aromatic heterocycles. The Hall–Kier alpha value is -2.69. The highest BCUT2D eigenvalue weighted by Crippen LogP contribution is 2.20. The number of rotatable bonds is 4. The molecule has 0 saturated heterocycles. The van der Waals surface area contributed by atoms with Gasteiger partial charge in [-0.1, -0.05) is 0 Å². The molecule has 1 aliphatic rings. The first-order valence-corrected chi connectivity index (χ1v) is 7.76. The molecule has 0 fully saturated rings. The number of hydrazone groups is 1.